The summed E-state index contributed by atoms with van der Waals surface area (Å²) < 4.78 is 0. The van der Waals surface area contributed by atoms with Crippen molar-refractivity contribution in [2.45, 2.75) is 38.1 Å². The van der Waals surface area contributed by atoms with Crippen molar-refractivity contribution in [2.24, 2.45) is 0 Å². The fourth-order valence-electron chi connectivity index (χ4n) is 2.96. The minimum Gasteiger partial charge on any atom is -0.339 e. The van der Waals surface area contributed by atoms with Gasteiger partial charge in [0, 0.05) is 25.4 Å². The molecule has 2 aromatic rings. The Labute approximate surface area is 138 Å². The van der Waals surface area contributed by atoms with Crippen LogP contribution in [0.1, 0.15) is 40.9 Å². The Kier molecular flexibility index (Phi) is 5.05. The molecule has 0 saturated carbocycles. The Morgan fingerprint density at radius 1 is 1.27 bits per heavy atom. The number of Topliss-reactive ketones (excluding diaryl/α,β-unsaturated/α-hetero) is 1. The molecule has 3 heterocycles. The molecular formula is C17H19NO2S2. The largest absolute Gasteiger partial charge is 0.339 e. The Balaban J connectivity index is 1.55. The van der Waals surface area contributed by atoms with E-state index in [1.807, 2.05) is 27.8 Å². The molecule has 1 aliphatic heterocycles. The van der Waals surface area contributed by atoms with Gasteiger partial charge in [0.2, 0.25) is 5.91 Å². The molecule has 3 nitrogen and oxygen atoms in total. The van der Waals surface area contributed by atoms with Gasteiger partial charge in [0.15, 0.2) is 5.78 Å². The smallest absolute Gasteiger partial charge is 0.223 e. The van der Waals surface area contributed by atoms with Gasteiger partial charge in [-0.15, -0.1) is 11.3 Å². The molecule has 0 aromatic carbocycles. The van der Waals surface area contributed by atoms with Crippen molar-refractivity contribution in [3.05, 3.63) is 44.8 Å². The monoisotopic (exact) mass is 333 g/mol. The van der Waals surface area contributed by atoms with E-state index >= 15 is 0 Å². The number of carbonyl (C=O) groups excluding carboxylic acids is 2. The molecule has 1 amide bonds. The lowest BCUT2D eigenvalue weighted by atomic mass is 10.1. The Bertz CT molecular complexity index is 619. The van der Waals surface area contributed by atoms with E-state index < -0.39 is 0 Å². The van der Waals surface area contributed by atoms with Crippen LogP contribution >= 0.6 is 22.7 Å². The number of likely N-dealkylation sites (tertiary alicyclic amines) is 1. The molecule has 2 aromatic heterocycles. The van der Waals surface area contributed by atoms with Crippen molar-refractivity contribution in [1.29, 1.82) is 0 Å². The maximum absolute atomic E-state index is 12.4. The third-order valence-electron chi connectivity index (χ3n) is 4.12. The van der Waals surface area contributed by atoms with Gasteiger partial charge in [-0.25, -0.2) is 0 Å². The second-order valence-corrected chi connectivity index (χ2v) is 7.35. The van der Waals surface area contributed by atoms with Crippen molar-refractivity contribution in [2.75, 3.05) is 6.54 Å². The van der Waals surface area contributed by atoms with E-state index in [0.29, 0.717) is 12.8 Å². The van der Waals surface area contributed by atoms with Crippen LogP contribution in [0.4, 0.5) is 0 Å². The molecule has 116 valence electrons. The number of nitrogens with zero attached hydrogens (tertiary/aromatic N) is 1. The first-order chi connectivity index (χ1) is 10.7. The molecule has 1 atom stereocenters. The Morgan fingerprint density at radius 2 is 2.18 bits per heavy atom. The average Bonchev–Trinajstić information content (AvgIpc) is 3.25. The van der Waals surface area contributed by atoms with Crippen LogP contribution < -0.4 is 0 Å². The van der Waals surface area contributed by atoms with Crippen molar-refractivity contribution in [3.63, 3.8) is 0 Å². The van der Waals surface area contributed by atoms with Crippen LogP contribution in [-0.4, -0.2) is 29.2 Å². The van der Waals surface area contributed by atoms with Crippen molar-refractivity contribution in [1.82, 2.24) is 4.90 Å². The summed E-state index contributed by atoms with van der Waals surface area (Å²) >= 11 is 3.14. The minimum atomic E-state index is 0.0876. The lowest BCUT2D eigenvalue weighted by Crippen LogP contribution is -2.36. The summed E-state index contributed by atoms with van der Waals surface area (Å²) in [6.45, 7) is 0.796. The van der Waals surface area contributed by atoms with Crippen LogP contribution in [0.25, 0.3) is 0 Å². The van der Waals surface area contributed by atoms with E-state index in [-0.39, 0.29) is 17.7 Å². The average molecular weight is 333 g/mol. The zero-order valence-electron chi connectivity index (χ0n) is 12.4. The number of amides is 1. The fourth-order valence-corrected chi connectivity index (χ4v) is 4.34. The van der Waals surface area contributed by atoms with Gasteiger partial charge in [0.05, 0.1) is 4.88 Å². The molecule has 1 saturated heterocycles. The summed E-state index contributed by atoms with van der Waals surface area (Å²) in [5, 5.41) is 6.05. The zero-order chi connectivity index (χ0) is 15.4. The van der Waals surface area contributed by atoms with Crippen LogP contribution in [0, 0.1) is 0 Å². The van der Waals surface area contributed by atoms with E-state index in [1.54, 1.807) is 11.3 Å². The molecule has 5 heteroatoms. The number of rotatable bonds is 6. The lowest BCUT2D eigenvalue weighted by molar-refractivity contribution is -0.131. The third kappa shape index (κ3) is 3.65. The number of carbonyl (C=O) groups is 2. The molecule has 1 unspecified atom stereocenters. The Hall–Kier alpha value is -1.46. The standard InChI is InChI=1S/C17H19NO2S2/c19-15(16-4-2-9-22-16)11-14-3-1-8-18(14)17(20)6-5-13-7-10-21-12-13/h2,4,7,9-10,12,14H,1,3,5-6,8,11H2. The van der Waals surface area contributed by atoms with Crippen molar-refractivity contribution < 1.29 is 9.59 Å². The number of hydrogen-bond donors (Lipinski definition) is 0. The summed E-state index contributed by atoms with van der Waals surface area (Å²) in [7, 11) is 0. The Morgan fingerprint density at radius 3 is 2.91 bits per heavy atom. The summed E-state index contributed by atoms with van der Waals surface area (Å²) in [6, 6.07) is 5.92. The van der Waals surface area contributed by atoms with E-state index in [1.165, 1.54) is 16.9 Å². The highest BCUT2D eigenvalue weighted by molar-refractivity contribution is 7.12. The second kappa shape index (κ2) is 7.20. The maximum atomic E-state index is 12.4. The lowest BCUT2D eigenvalue weighted by Gasteiger charge is -2.24. The first kappa shape index (κ1) is 15.4. The summed E-state index contributed by atoms with van der Waals surface area (Å²) in [6.07, 6.45) is 3.75. The van der Waals surface area contributed by atoms with Crippen LogP contribution in [0.3, 0.4) is 0 Å². The first-order valence-electron chi connectivity index (χ1n) is 7.61. The molecule has 1 fully saturated rings. The van der Waals surface area contributed by atoms with E-state index in [4.69, 9.17) is 0 Å². The normalized spacial score (nSPS) is 17.8. The highest BCUT2D eigenvalue weighted by Gasteiger charge is 2.30. The molecule has 0 aliphatic carbocycles. The zero-order valence-corrected chi connectivity index (χ0v) is 14.0. The van der Waals surface area contributed by atoms with Crippen LogP contribution in [-0.2, 0) is 11.2 Å². The quantitative estimate of drug-likeness (QED) is 0.749. The highest BCUT2D eigenvalue weighted by Crippen LogP contribution is 2.24. The second-order valence-electron chi connectivity index (χ2n) is 5.62. The first-order valence-corrected chi connectivity index (χ1v) is 9.43. The summed E-state index contributed by atoms with van der Waals surface area (Å²) in [5.74, 6) is 0.352. The van der Waals surface area contributed by atoms with Gasteiger partial charge in [-0.1, -0.05) is 6.07 Å². The summed E-state index contributed by atoms with van der Waals surface area (Å²) in [4.78, 5) is 27.4. The molecule has 0 spiro atoms. The van der Waals surface area contributed by atoms with E-state index in [9.17, 15) is 9.59 Å². The topological polar surface area (TPSA) is 37.4 Å². The van der Waals surface area contributed by atoms with Gasteiger partial charge < -0.3 is 4.90 Å². The van der Waals surface area contributed by atoms with Crippen LogP contribution in [0.5, 0.6) is 0 Å². The van der Waals surface area contributed by atoms with Gasteiger partial charge >= 0.3 is 0 Å². The number of aryl methyl sites for hydroxylation is 1. The molecular weight excluding hydrogens is 314 g/mol. The molecule has 22 heavy (non-hydrogen) atoms. The van der Waals surface area contributed by atoms with Crippen LogP contribution in [0.15, 0.2) is 34.3 Å². The highest BCUT2D eigenvalue weighted by atomic mass is 32.1. The van der Waals surface area contributed by atoms with Crippen molar-refractivity contribution >= 4 is 34.4 Å². The van der Waals surface area contributed by atoms with Gasteiger partial charge in [0.1, 0.15) is 0 Å². The third-order valence-corrected chi connectivity index (χ3v) is 5.77. The molecule has 0 bridgehead atoms. The van der Waals surface area contributed by atoms with Crippen molar-refractivity contribution in [3.8, 4) is 0 Å². The summed E-state index contributed by atoms with van der Waals surface area (Å²) in [5.41, 5.74) is 1.23. The van der Waals surface area contributed by atoms with Gasteiger partial charge in [0.25, 0.3) is 0 Å². The minimum absolute atomic E-state index is 0.0876. The van der Waals surface area contributed by atoms with Gasteiger partial charge in [-0.3, -0.25) is 9.59 Å². The number of ketones is 1. The van der Waals surface area contributed by atoms with E-state index in [0.717, 1.165) is 30.7 Å². The maximum Gasteiger partial charge on any atom is 0.223 e. The van der Waals surface area contributed by atoms with Crippen LogP contribution in [0.2, 0.25) is 0 Å². The number of thiophene rings is 2. The fraction of sp³-hybridized carbons (Fsp3) is 0.412. The molecule has 0 N–H and O–H groups in total. The van der Waals surface area contributed by atoms with Gasteiger partial charge in [-0.05, 0) is 53.1 Å². The van der Waals surface area contributed by atoms with Gasteiger partial charge in [-0.2, -0.15) is 11.3 Å². The number of hydrogen-bond acceptors (Lipinski definition) is 4. The van der Waals surface area contributed by atoms with E-state index in [2.05, 4.69) is 11.4 Å². The SMILES string of the molecule is O=C(CC1CCCN1C(=O)CCc1ccsc1)c1cccs1. The molecule has 1 aliphatic rings. The molecule has 3 rings (SSSR count). The predicted molar refractivity (Wildman–Crippen MR) is 90.6 cm³/mol. The predicted octanol–water partition coefficient (Wildman–Crippen LogP) is 4.01. The molecule has 0 radical (unpaired) electrons.